The van der Waals surface area contributed by atoms with E-state index in [2.05, 4.69) is 19.2 Å². The van der Waals surface area contributed by atoms with E-state index in [1.165, 1.54) is 0 Å². The van der Waals surface area contributed by atoms with Crippen molar-refractivity contribution < 1.29 is 4.79 Å². The first-order valence-electron chi connectivity index (χ1n) is 6.24. The van der Waals surface area contributed by atoms with Crippen LogP contribution in [0.5, 0.6) is 0 Å². The minimum Gasteiger partial charge on any atom is -0.369 e. The summed E-state index contributed by atoms with van der Waals surface area (Å²) in [5.74, 6) is 0.433. The Hall–Kier alpha value is -1.48. The molecule has 18 heavy (non-hydrogen) atoms. The molecule has 1 aliphatic heterocycles. The largest absolute Gasteiger partial charge is 0.369 e. The van der Waals surface area contributed by atoms with Crippen molar-refractivity contribution in [3.8, 4) is 0 Å². The van der Waals surface area contributed by atoms with Gasteiger partial charge in [0.25, 0.3) is 0 Å². The first-order chi connectivity index (χ1) is 8.69. The molecule has 2 rings (SSSR count). The lowest BCUT2D eigenvalue weighted by molar-refractivity contribution is -0.104. The molecule has 0 saturated heterocycles. The van der Waals surface area contributed by atoms with Crippen molar-refractivity contribution in [1.29, 1.82) is 0 Å². The molecule has 0 bridgehead atoms. The van der Waals surface area contributed by atoms with Crippen LogP contribution in [0.1, 0.15) is 31.4 Å². The van der Waals surface area contributed by atoms with Crippen LogP contribution in [0.2, 0.25) is 0 Å². The minimum atomic E-state index is 0.127. The van der Waals surface area contributed by atoms with Gasteiger partial charge in [-0.3, -0.25) is 4.79 Å². The molecule has 94 valence electrons. The van der Waals surface area contributed by atoms with E-state index < -0.39 is 0 Å². The third kappa shape index (κ3) is 2.23. The molecule has 1 aliphatic rings. The second-order valence-electron chi connectivity index (χ2n) is 4.64. The summed E-state index contributed by atoms with van der Waals surface area (Å²) in [6.07, 6.45) is 3.56. The maximum atomic E-state index is 10.9. The van der Waals surface area contributed by atoms with Gasteiger partial charge in [0.1, 0.15) is 11.3 Å². The van der Waals surface area contributed by atoms with Gasteiger partial charge in [0.05, 0.1) is 6.04 Å². The minimum absolute atomic E-state index is 0.127. The van der Waals surface area contributed by atoms with E-state index in [9.17, 15) is 4.79 Å². The quantitative estimate of drug-likeness (QED) is 0.514. The molecule has 0 saturated carbocycles. The highest BCUT2D eigenvalue weighted by molar-refractivity contribution is 7.80. The Bertz CT molecular complexity index is 507. The van der Waals surface area contributed by atoms with E-state index in [1.807, 2.05) is 24.3 Å². The molecule has 2 atom stereocenters. The van der Waals surface area contributed by atoms with Crippen LogP contribution in [-0.4, -0.2) is 17.3 Å². The zero-order valence-corrected chi connectivity index (χ0v) is 11.5. The summed E-state index contributed by atoms with van der Waals surface area (Å²) in [6, 6.07) is 8.11. The fourth-order valence-corrected chi connectivity index (χ4v) is 2.65. The zero-order chi connectivity index (χ0) is 13.1. The molecule has 1 N–H and O–H groups in total. The summed E-state index contributed by atoms with van der Waals surface area (Å²) in [6.45, 7) is 4.32. The van der Waals surface area contributed by atoms with E-state index in [0.717, 1.165) is 34.4 Å². The van der Waals surface area contributed by atoms with Crippen molar-refractivity contribution in [2.24, 2.45) is 5.92 Å². The van der Waals surface area contributed by atoms with E-state index in [1.54, 1.807) is 6.08 Å². The van der Waals surface area contributed by atoms with Gasteiger partial charge in [0, 0.05) is 5.56 Å². The van der Waals surface area contributed by atoms with Crippen LogP contribution in [0, 0.1) is 5.92 Å². The lowest BCUT2D eigenvalue weighted by Crippen LogP contribution is -2.43. The van der Waals surface area contributed by atoms with Crippen molar-refractivity contribution in [2.75, 3.05) is 0 Å². The number of aldehydes is 1. The molecular weight excluding hydrogens is 242 g/mol. The number of rotatable bonds is 3. The molecule has 0 aromatic heterocycles. The van der Waals surface area contributed by atoms with Gasteiger partial charge in [-0.25, -0.2) is 0 Å². The lowest BCUT2D eigenvalue weighted by atomic mass is 9.83. The average molecular weight is 259 g/mol. The highest BCUT2D eigenvalue weighted by Crippen LogP contribution is 2.31. The molecule has 2 unspecified atom stereocenters. The molecule has 1 heterocycles. The summed E-state index contributed by atoms with van der Waals surface area (Å²) in [7, 11) is 0. The second-order valence-corrected chi connectivity index (χ2v) is 5.05. The molecule has 0 spiro atoms. The molecule has 0 amide bonds. The Balaban J connectivity index is 2.54. The van der Waals surface area contributed by atoms with Crippen LogP contribution in [0.4, 0.5) is 0 Å². The smallest absolute Gasteiger partial charge is 0.143 e. The predicted octanol–water partition coefficient (Wildman–Crippen LogP) is 2.96. The molecule has 2 nitrogen and oxygen atoms in total. The van der Waals surface area contributed by atoms with Gasteiger partial charge in [-0.15, -0.1) is 0 Å². The number of carbonyl (C=O) groups is 1. The molecular formula is C15H17NOS. The zero-order valence-electron chi connectivity index (χ0n) is 10.6. The van der Waals surface area contributed by atoms with Gasteiger partial charge >= 0.3 is 0 Å². The average Bonchev–Trinajstić information content (AvgIpc) is 2.41. The van der Waals surface area contributed by atoms with Gasteiger partial charge in [-0.05, 0) is 23.1 Å². The normalized spacial score (nSPS) is 22.2. The van der Waals surface area contributed by atoms with Gasteiger partial charge in [0.2, 0.25) is 0 Å². The number of nitrogens with one attached hydrogen (secondary N) is 1. The van der Waals surface area contributed by atoms with Crippen LogP contribution in [-0.2, 0) is 4.79 Å². The summed E-state index contributed by atoms with van der Waals surface area (Å²) in [4.78, 5) is 11.7. The first kappa shape index (κ1) is 13.0. The number of hydrogen-bond donors (Lipinski definition) is 1. The number of carbonyl (C=O) groups excluding carboxylic acids is 1. The van der Waals surface area contributed by atoms with Gasteiger partial charge in [-0.1, -0.05) is 56.8 Å². The van der Waals surface area contributed by atoms with Crippen LogP contribution in [0.3, 0.4) is 0 Å². The summed E-state index contributed by atoms with van der Waals surface area (Å²) in [5, 5.41) is 3.36. The SMILES string of the molecule is CCC(C)C1NC(=S)c2ccccc2/C1=C/C=O. The van der Waals surface area contributed by atoms with E-state index in [0.29, 0.717) is 5.92 Å². The second kappa shape index (κ2) is 5.44. The fourth-order valence-electron chi connectivity index (χ4n) is 2.35. The monoisotopic (exact) mass is 259 g/mol. The predicted molar refractivity (Wildman–Crippen MR) is 78.6 cm³/mol. The number of allylic oxidation sites excluding steroid dienone is 1. The summed E-state index contributed by atoms with van der Waals surface area (Å²) < 4.78 is 0. The van der Waals surface area contributed by atoms with E-state index in [-0.39, 0.29) is 6.04 Å². The summed E-state index contributed by atoms with van der Waals surface area (Å²) >= 11 is 5.42. The topological polar surface area (TPSA) is 29.1 Å². The Morgan fingerprint density at radius 2 is 2.06 bits per heavy atom. The van der Waals surface area contributed by atoms with Crippen molar-refractivity contribution in [3.05, 3.63) is 41.5 Å². The molecule has 0 fully saturated rings. The molecule has 1 aromatic rings. The number of hydrogen-bond acceptors (Lipinski definition) is 2. The van der Waals surface area contributed by atoms with Crippen molar-refractivity contribution in [2.45, 2.75) is 26.3 Å². The molecule has 3 heteroatoms. The lowest BCUT2D eigenvalue weighted by Gasteiger charge is -2.33. The fraction of sp³-hybridized carbons (Fsp3) is 0.333. The highest BCUT2D eigenvalue weighted by Gasteiger charge is 2.29. The Kier molecular flexibility index (Phi) is 3.92. The summed E-state index contributed by atoms with van der Waals surface area (Å²) in [5.41, 5.74) is 3.14. The van der Waals surface area contributed by atoms with Crippen LogP contribution >= 0.6 is 12.2 Å². The number of thiocarbonyl (C=S) groups is 1. The maximum absolute atomic E-state index is 10.9. The van der Waals surface area contributed by atoms with Gasteiger partial charge in [0.15, 0.2) is 0 Å². The Morgan fingerprint density at radius 3 is 2.67 bits per heavy atom. The van der Waals surface area contributed by atoms with E-state index >= 15 is 0 Å². The third-order valence-electron chi connectivity index (χ3n) is 3.56. The highest BCUT2D eigenvalue weighted by atomic mass is 32.1. The maximum Gasteiger partial charge on any atom is 0.143 e. The van der Waals surface area contributed by atoms with Crippen LogP contribution in [0.25, 0.3) is 5.57 Å². The van der Waals surface area contributed by atoms with Crippen LogP contribution in [0.15, 0.2) is 30.3 Å². The number of benzene rings is 1. The Labute approximate surface area is 113 Å². The molecule has 0 aliphatic carbocycles. The Morgan fingerprint density at radius 1 is 1.39 bits per heavy atom. The van der Waals surface area contributed by atoms with Crippen LogP contribution < -0.4 is 5.32 Å². The van der Waals surface area contributed by atoms with Crippen molar-refractivity contribution in [3.63, 3.8) is 0 Å². The third-order valence-corrected chi connectivity index (χ3v) is 3.90. The van der Waals surface area contributed by atoms with Crippen molar-refractivity contribution >= 4 is 29.1 Å². The van der Waals surface area contributed by atoms with Crippen molar-refractivity contribution in [1.82, 2.24) is 5.32 Å². The standard InChI is InChI=1S/C15H17NOS/c1-3-10(2)14-12(8-9-17)11-6-4-5-7-13(11)15(18)16-14/h4-10,14H,3H2,1-2H3,(H,16,18)/b12-8-. The van der Waals surface area contributed by atoms with Gasteiger partial charge in [-0.2, -0.15) is 0 Å². The molecule has 0 radical (unpaired) electrons. The van der Waals surface area contributed by atoms with E-state index in [4.69, 9.17) is 12.2 Å². The van der Waals surface area contributed by atoms with Gasteiger partial charge < -0.3 is 5.32 Å². The molecule has 1 aromatic carbocycles. The first-order valence-corrected chi connectivity index (χ1v) is 6.65. The number of fused-ring (bicyclic) bond motifs is 1.